The molecule has 0 atom stereocenters. The average molecular weight is 513 g/mol. The number of aromatic nitrogens is 3. The smallest absolute Gasteiger partial charge is 0.234 e. The highest BCUT2D eigenvalue weighted by molar-refractivity contribution is 7.99. The van der Waals surface area contributed by atoms with E-state index < -0.39 is 0 Å². The molecule has 0 bridgehead atoms. The van der Waals surface area contributed by atoms with Crippen LogP contribution < -0.4 is 10.1 Å². The molecule has 9 heteroatoms. The highest BCUT2D eigenvalue weighted by Gasteiger charge is 2.20. The summed E-state index contributed by atoms with van der Waals surface area (Å²) in [6.07, 6.45) is 0. The van der Waals surface area contributed by atoms with Gasteiger partial charge in [0.05, 0.1) is 23.1 Å². The number of carbonyl (C=O) groups excluding carboxylic acids is 1. The van der Waals surface area contributed by atoms with Gasteiger partial charge in [0.2, 0.25) is 5.91 Å². The Morgan fingerprint density at radius 1 is 1.06 bits per heavy atom. The maximum absolute atomic E-state index is 12.6. The molecule has 0 unspecified atom stereocenters. The summed E-state index contributed by atoms with van der Waals surface area (Å²) in [5.41, 5.74) is 3.34. The lowest BCUT2D eigenvalue weighted by Gasteiger charge is -2.13. The van der Waals surface area contributed by atoms with E-state index in [4.69, 9.17) is 27.9 Å². The molecule has 0 radical (unpaired) electrons. The topological polar surface area (TPSA) is 69.0 Å². The van der Waals surface area contributed by atoms with Crippen LogP contribution in [0.4, 0.5) is 5.69 Å². The fraction of sp³-hybridized carbons (Fsp3) is 0.160. The molecule has 1 heterocycles. The minimum absolute atomic E-state index is 0.153. The third kappa shape index (κ3) is 5.55. The number of nitrogens with one attached hydrogen (secondary N) is 1. The molecule has 174 valence electrons. The van der Waals surface area contributed by atoms with Crippen molar-refractivity contribution in [3.63, 3.8) is 0 Å². The molecular weight excluding hydrogens is 491 g/mol. The first-order valence-corrected chi connectivity index (χ1v) is 12.3. The van der Waals surface area contributed by atoms with E-state index in [1.165, 1.54) is 11.8 Å². The van der Waals surface area contributed by atoms with Crippen LogP contribution in [0.15, 0.2) is 71.9 Å². The summed E-state index contributed by atoms with van der Waals surface area (Å²) in [5.74, 6) is 1.34. The first-order valence-electron chi connectivity index (χ1n) is 10.6. The van der Waals surface area contributed by atoms with Gasteiger partial charge in [-0.05, 0) is 67.9 Å². The van der Waals surface area contributed by atoms with E-state index in [1.807, 2.05) is 73.0 Å². The summed E-state index contributed by atoms with van der Waals surface area (Å²) in [4.78, 5) is 12.6. The number of hydrogen-bond acceptors (Lipinski definition) is 5. The van der Waals surface area contributed by atoms with Crippen molar-refractivity contribution < 1.29 is 9.53 Å². The summed E-state index contributed by atoms with van der Waals surface area (Å²) in [7, 11) is 0. The van der Waals surface area contributed by atoms with Gasteiger partial charge in [-0.1, -0.05) is 53.2 Å². The Morgan fingerprint density at radius 2 is 1.82 bits per heavy atom. The highest BCUT2D eigenvalue weighted by Crippen LogP contribution is 2.34. The Morgan fingerprint density at radius 3 is 2.53 bits per heavy atom. The molecule has 0 saturated heterocycles. The standard InChI is InChI=1S/C25H22Cl2N4O2S/c1-3-33-19-11-9-18(10-12-19)28-23(32)15-34-25-30-29-24(20-13-8-17(26)14-21(20)27)31(25)22-7-5-4-6-16(22)2/h4-14H,3,15H2,1-2H3,(H,28,32). The van der Waals surface area contributed by atoms with E-state index in [0.29, 0.717) is 38.9 Å². The van der Waals surface area contributed by atoms with E-state index in [2.05, 4.69) is 15.5 Å². The third-order valence-corrected chi connectivity index (χ3v) is 6.42. The van der Waals surface area contributed by atoms with Gasteiger partial charge in [0, 0.05) is 16.3 Å². The average Bonchev–Trinajstić information content (AvgIpc) is 3.23. The van der Waals surface area contributed by atoms with Crippen LogP contribution in [0.3, 0.4) is 0 Å². The second-order valence-corrected chi connectivity index (χ2v) is 9.13. The number of carbonyl (C=O) groups is 1. The summed E-state index contributed by atoms with van der Waals surface area (Å²) in [6.45, 7) is 4.53. The summed E-state index contributed by atoms with van der Waals surface area (Å²) in [6, 6.07) is 20.4. The molecule has 0 aliphatic rings. The minimum Gasteiger partial charge on any atom is -0.494 e. The molecule has 3 aromatic carbocycles. The number of para-hydroxylation sites is 1. The van der Waals surface area contributed by atoms with E-state index in [1.54, 1.807) is 12.1 Å². The molecule has 0 spiro atoms. The molecule has 0 aliphatic carbocycles. The fourth-order valence-electron chi connectivity index (χ4n) is 3.37. The number of nitrogens with zero attached hydrogens (tertiary/aromatic N) is 3. The first kappa shape index (κ1) is 24.1. The molecule has 1 aromatic heterocycles. The van der Waals surface area contributed by atoms with Crippen molar-refractivity contribution in [1.82, 2.24) is 14.8 Å². The maximum atomic E-state index is 12.6. The van der Waals surface area contributed by atoms with E-state index >= 15 is 0 Å². The molecule has 0 aliphatic heterocycles. The van der Waals surface area contributed by atoms with Crippen LogP contribution in [0.25, 0.3) is 17.1 Å². The minimum atomic E-state index is -0.153. The summed E-state index contributed by atoms with van der Waals surface area (Å²) < 4.78 is 7.35. The Labute approximate surface area is 212 Å². The van der Waals surface area contributed by atoms with Crippen molar-refractivity contribution in [3.8, 4) is 22.8 Å². The van der Waals surface area contributed by atoms with Gasteiger partial charge < -0.3 is 10.1 Å². The number of ether oxygens (including phenoxy) is 1. The number of hydrogen-bond donors (Lipinski definition) is 1. The molecular formula is C25H22Cl2N4O2S. The predicted molar refractivity (Wildman–Crippen MR) is 139 cm³/mol. The van der Waals surface area contributed by atoms with E-state index in [-0.39, 0.29) is 11.7 Å². The van der Waals surface area contributed by atoms with Crippen LogP contribution in [0.2, 0.25) is 10.0 Å². The van der Waals surface area contributed by atoms with Gasteiger partial charge in [-0.25, -0.2) is 0 Å². The predicted octanol–water partition coefficient (Wildman–Crippen LogP) is 6.68. The fourth-order valence-corrected chi connectivity index (χ4v) is 4.61. The molecule has 1 N–H and O–H groups in total. The zero-order valence-corrected chi connectivity index (χ0v) is 20.9. The highest BCUT2D eigenvalue weighted by atomic mass is 35.5. The van der Waals surface area contributed by atoms with Crippen molar-refractivity contribution in [2.24, 2.45) is 0 Å². The third-order valence-electron chi connectivity index (χ3n) is 4.94. The Kier molecular flexibility index (Phi) is 7.77. The molecule has 0 fully saturated rings. The van der Waals surface area contributed by atoms with Gasteiger partial charge in [0.1, 0.15) is 5.75 Å². The Hall–Kier alpha value is -3.00. The van der Waals surface area contributed by atoms with Gasteiger partial charge in [0.15, 0.2) is 11.0 Å². The van der Waals surface area contributed by atoms with Crippen LogP contribution in [-0.4, -0.2) is 33.0 Å². The molecule has 34 heavy (non-hydrogen) atoms. The quantitative estimate of drug-likeness (QED) is 0.266. The Balaban J connectivity index is 1.59. The van der Waals surface area contributed by atoms with E-state index in [0.717, 1.165) is 17.0 Å². The number of rotatable bonds is 8. The molecule has 1 amide bonds. The van der Waals surface area contributed by atoms with Crippen molar-refractivity contribution in [1.29, 1.82) is 0 Å². The number of anilines is 1. The number of thioether (sulfide) groups is 1. The SMILES string of the molecule is CCOc1ccc(NC(=O)CSc2nnc(-c3ccc(Cl)cc3Cl)n2-c2ccccc2C)cc1. The van der Waals surface area contributed by atoms with Gasteiger partial charge in [-0.2, -0.15) is 0 Å². The lowest BCUT2D eigenvalue weighted by Crippen LogP contribution is -2.14. The lowest BCUT2D eigenvalue weighted by molar-refractivity contribution is -0.113. The second kappa shape index (κ2) is 11.0. The molecule has 6 nitrogen and oxygen atoms in total. The monoisotopic (exact) mass is 512 g/mol. The summed E-state index contributed by atoms with van der Waals surface area (Å²) in [5, 5.41) is 13.3. The normalized spacial score (nSPS) is 10.8. The second-order valence-electron chi connectivity index (χ2n) is 7.35. The zero-order valence-electron chi connectivity index (χ0n) is 18.6. The number of amides is 1. The molecule has 4 aromatic rings. The van der Waals surface area contributed by atoms with Crippen LogP contribution in [-0.2, 0) is 4.79 Å². The van der Waals surface area contributed by atoms with Crippen LogP contribution in [0.5, 0.6) is 5.75 Å². The number of halogens is 2. The van der Waals surface area contributed by atoms with Crippen molar-refractivity contribution in [2.45, 2.75) is 19.0 Å². The maximum Gasteiger partial charge on any atom is 0.234 e. The number of benzene rings is 3. The first-order chi connectivity index (χ1) is 16.5. The zero-order chi connectivity index (χ0) is 24.1. The van der Waals surface area contributed by atoms with Crippen LogP contribution in [0.1, 0.15) is 12.5 Å². The van der Waals surface area contributed by atoms with Gasteiger partial charge >= 0.3 is 0 Å². The van der Waals surface area contributed by atoms with Gasteiger partial charge in [-0.15, -0.1) is 10.2 Å². The van der Waals surface area contributed by atoms with Gasteiger partial charge in [-0.3, -0.25) is 9.36 Å². The Bertz CT molecular complexity index is 1310. The van der Waals surface area contributed by atoms with E-state index in [9.17, 15) is 4.79 Å². The van der Waals surface area contributed by atoms with Crippen LogP contribution >= 0.6 is 35.0 Å². The summed E-state index contributed by atoms with van der Waals surface area (Å²) >= 11 is 13.9. The van der Waals surface area contributed by atoms with Gasteiger partial charge in [0.25, 0.3) is 0 Å². The molecule has 0 saturated carbocycles. The van der Waals surface area contributed by atoms with Crippen molar-refractivity contribution in [2.75, 3.05) is 17.7 Å². The largest absolute Gasteiger partial charge is 0.494 e. The van der Waals surface area contributed by atoms with Crippen molar-refractivity contribution in [3.05, 3.63) is 82.3 Å². The van der Waals surface area contributed by atoms with Crippen molar-refractivity contribution >= 4 is 46.6 Å². The lowest BCUT2D eigenvalue weighted by atomic mass is 10.1. The van der Waals surface area contributed by atoms with Crippen LogP contribution in [0, 0.1) is 6.92 Å². The molecule has 4 rings (SSSR count). The number of aryl methyl sites for hydroxylation is 1.